The monoisotopic (exact) mass is 320 g/mol. The molecule has 2 N–H and O–H groups in total. The number of carbonyl (C=O) groups excluding carboxylic acids is 2. The van der Waals surface area contributed by atoms with E-state index in [1.807, 2.05) is 0 Å². The van der Waals surface area contributed by atoms with Gasteiger partial charge in [-0.05, 0) is 17.7 Å². The Morgan fingerprint density at radius 1 is 1.18 bits per heavy atom. The van der Waals surface area contributed by atoms with Gasteiger partial charge in [0.2, 0.25) is 5.91 Å². The van der Waals surface area contributed by atoms with Crippen LogP contribution in [0.4, 0.5) is 23.7 Å². The highest BCUT2D eigenvalue weighted by Gasteiger charge is 2.27. The lowest BCUT2D eigenvalue weighted by molar-refractivity contribution is -0.175. The molecule has 0 bridgehead atoms. The third-order valence-electron chi connectivity index (χ3n) is 2.37. The van der Waals surface area contributed by atoms with Gasteiger partial charge in [-0.1, -0.05) is 12.1 Å². The quantitative estimate of drug-likeness (QED) is 0.841. The number of methoxy groups -OCH3 is 1. The van der Waals surface area contributed by atoms with E-state index in [1.165, 1.54) is 7.11 Å². The van der Waals surface area contributed by atoms with Crippen LogP contribution in [0.25, 0.3) is 0 Å². The molecule has 122 valence electrons. The standard InChI is InChI=1S/C13H15F3N2O4/c1-21-12(20)18-10-4-2-9(3-5-10)6-17-11(19)7-22-8-13(14,15)16/h2-5H,6-8H2,1H3,(H,17,19)(H,18,20). The molecular formula is C13H15F3N2O4. The minimum absolute atomic E-state index is 0.132. The number of ether oxygens (including phenoxy) is 2. The van der Waals surface area contributed by atoms with Crippen LogP contribution in [0.1, 0.15) is 5.56 Å². The summed E-state index contributed by atoms with van der Waals surface area (Å²) in [4.78, 5) is 22.2. The Bertz CT molecular complexity index is 503. The van der Waals surface area contributed by atoms with Gasteiger partial charge in [0.25, 0.3) is 0 Å². The summed E-state index contributed by atoms with van der Waals surface area (Å²) < 4.78 is 44.1. The number of anilines is 1. The molecule has 0 saturated carbocycles. The molecule has 1 aromatic rings. The van der Waals surface area contributed by atoms with Gasteiger partial charge in [-0.15, -0.1) is 0 Å². The summed E-state index contributed by atoms with van der Waals surface area (Å²) in [6.07, 6.45) is -5.06. The molecule has 0 radical (unpaired) electrons. The van der Waals surface area contributed by atoms with E-state index < -0.39 is 31.4 Å². The number of halogens is 3. The Balaban J connectivity index is 2.32. The number of hydrogen-bond donors (Lipinski definition) is 2. The lowest BCUT2D eigenvalue weighted by Gasteiger charge is -2.09. The van der Waals surface area contributed by atoms with Gasteiger partial charge in [-0.3, -0.25) is 10.1 Å². The predicted octanol–water partition coefficient (Wildman–Crippen LogP) is 2.06. The van der Waals surface area contributed by atoms with Crippen molar-refractivity contribution in [3.05, 3.63) is 29.8 Å². The van der Waals surface area contributed by atoms with Crippen LogP contribution in [0.15, 0.2) is 24.3 Å². The fourth-order valence-electron chi connectivity index (χ4n) is 1.39. The van der Waals surface area contributed by atoms with Crippen molar-refractivity contribution in [3.63, 3.8) is 0 Å². The Kier molecular flexibility index (Phi) is 6.64. The molecule has 0 aromatic heterocycles. The molecular weight excluding hydrogens is 305 g/mol. The highest BCUT2D eigenvalue weighted by molar-refractivity contribution is 5.84. The zero-order valence-corrected chi connectivity index (χ0v) is 11.7. The van der Waals surface area contributed by atoms with Crippen LogP contribution >= 0.6 is 0 Å². The van der Waals surface area contributed by atoms with Crippen LogP contribution < -0.4 is 10.6 Å². The van der Waals surface area contributed by atoms with Gasteiger partial charge in [0.05, 0.1) is 7.11 Å². The smallest absolute Gasteiger partial charge is 0.411 e. The number of amides is 2. The topological polar surface area (TPSA) is 76.7 Å². The van der Waals surface area contributed by atoms with E-state index in [2.05, 4.69) is 20.1 Å². The summed E-state index contributed by atoms with van der Waals surface area (Å²) in [5.41, 5.74) is 1.22. The van der Waals surface area contributed by atoms with Gasteiger partial charge in [-0.25, -0.2) is 4.79 Å². The third kappa shape index (κ3) is 7.48. The average molecular weight is 320 g/mol. The minimum atomic E-state index is -4.46. The van der Waals surface area contributed by atoms with E-state index in [4.69, 9.17) is 0 Å². The maximum absolute atomic E-state index is 11.8. The van der Waals surface area contributed by atoms with Gasteiger partial charge in [-0.2, -0.15) is 13.2 Å². The van der Waals surface area contributed by atoms with Crippen molar-refractivity contribution in [2.24, 2.45) is 0 Å². The number of benzene rings is 1. The molecule has 0 aliphatic carbocycles. The van der Waals surface area contributed by atoms with Crippen molar-refractivity contribution >= 4 is 17.7 Å². The highest BCUT2D eigenvalue weighted by Crippen LogP contribution is 2.14. The molecule has 22 heavy (non-hydrogen) atoms. The SMILES string of the molecule is COC(=O)Nc1ccc(CNC(=O)COCC(F)(F)F)cc1. The van der Waals surface area contributed by atoms with Gasteiger partial charge in [0.15, 0.2) is 0 Å². The Hall–Kier alpha value is -2.29. The van der Waals surface area contributed by atoms with Gasteiger partial charge < -0.3 is 14.8 Å². The second-order valence-corrected chi connectivity index (χ2v) is 4.20. The Morgan fingerprint density at radius 3 is 2.36 bits per heavy atom. The first kappa shape index (κ1) is 17.8. The van der Waals surface area contributed by atoms with E-state index in [9.17, 15) is 22.8 Å². The molecule has 0 aliphatic heterocycles. The number of nitrogens with one attached hydrogen (secondary N) is 2. The lowest BCUT2D eigenvalue weighted by Crippen LogP contribution is -2.29. The van der Waals surface area contributed by atoms with Crippen molar-refractivity contribution < 1.29 is 32.2 Å². The maximum Gasteiger partial charge on any atom is 0.411 e. The average Bonchev–Trinajstić information content (AvgIpc) is 2.45. The van der Waals surface area contributed by atoms with Crippen LogP contribution in [0.5, 0.6) is 0 Å². The molecule has 0 heterocycles. The van der Waals surface area contributed by atoms with Crippen LogP contribution in [-0.4, -0.2) is 38.5 Å². The van der Waals surface area contributed by atoms with Gasteiger partial charge in [0.1, 0.15) is 13.2 Å². The van der Waals surface area contributed by atoms with Crippen molar-refractivity contribution in [2.75, 3.05) is 25.6 Å². The summed E-state index contributed by atoms with van der Waals surface area (Å²) >= 11 is 0. The highest BCUT2D eigenvalue weighted by atomic mass is 19.4. The zero-order valence-electron chi connectivity index (χ0n) is 11.7. The predicted molar refractivity (Wildman–Crippen MR) is 71.2 cm³/mol. The number of carbonyl (C=O) groups is 2. The summed E-state index contributed by atoms with van der Waals surface area (Å²) in [5.74, 6) is -0.652. The van der Waals surface area contributed by atoms with Crippen LogP contribution in [0.2, 0.25) is 0 Å². The normalized spacial score (nSPS) is 10.9. The fraction of sp³-hybridized carbons (Fsp3) is 0.385. The Morgan fingerprint density at radius 2 is 1.82 bits per heavy atom. The minimum Gasteiger partial charge on any atom is -0.453 e. The molecule has 1 aromatic carbocycles. The van der Waals surface area contributed by atoms with Crippen molar-refractivity contribution in [3.8, 4) is 0 Å². The lowest BCUT2D eigenvalue weighted by atomic mass is 10.2. The second kappa shape index (κ2) is 8.23. The molecule has 0 atom stereocenters. The van der Waals surface area contributed by atoms with E-state index in [-0.39, 0.29) is 6.54 Å². The molecule has 2 amide bonds. The van der Waals surface area contributed by atoms with E-state index >= 15 is 0 Å². The molecule has 9 heteroatoms. The maximum atomic E-state index is 11.8. The van der Waals surface area contributed by atoms with Crippen LogP contribution in [-0.2, 0) is 20.8 Å². The first-order chi connectivity index (χ1) is 10.3. The first-order valence-corrected chi connectivity index (χ1v) is 6.15. The molecule has 0 saturated heterocycles. The zero-order chi connectivity index (χ0) is 16.6. The first-order valence-electron chi connectivity index (χ1n) is 6.15. The summed E-state index contributed by atoms with van der Waals surface area (Å²) in [6.45, 7) is -2.00. The van der Waals surface area contributed by atoms with Crippen LogP contribution in [0, 0.1) is 0 Å². The molecule has 0 unspecified atom stereocenters. The summed E-state index contributed by atoms with van der Waals surface area (Å²) in [7, 11) is 1.24. The molecule has 1 rings (SSSR count). The van der Waals surface area contributed by atoms with Crippen molar-refractivity contribution in [1.82, 2.24) is 5.32 Å². The molecule has 0 aliphatic rings. The van der Waals surface area contributed by atoms with E-state index in [0.717, 1.165) is 0 Å². The number of alkyl halides is 3. The molecule has 0 spiro atoms. The number of rotatable bonds is 6. The molecule has 6 nitrogen and oxygen atoms in total. The van der Waals surface area contributed by atoms with Crippen LogP contribution in [0.3, 0.4) is 0 Å². The summed E-state index contributed by atoms with van der Waals surface area (Å²) in [6, 6.07) is 6.47. The van der Waals surface area contributed by atoms with E-state index in [0.29, 0.717) is 11.3 Å². The number of hydrogen-bond acceptors (Lipinski definition) is 4. The second-order valence-electron chi connectivity index (χ2n) is 4.20. The fourth-order valence-corrected chi connectivity index (χ4v) is 1.39. The van der Waals surface area contributed by atoms with Crippen molar-refractivity contribution in [2.45, 2.75) is 12.7 Å². The van der Waals surface area contributed by atoms with Gasteiger partial charge in [0, 0.05) is 12.2 Å². The molecule has 0 fully saturated rings. The third-order valence-corrected chi connectivity index (χ3v) is 2.37. The largest absolute Gasteiger partial charge is 0.453 e. The van der Waals surface area contributed by atoms with E-state index in [1.54, 1.807) is 24.3 Å². The Labute approximate surface area is 124 Å². The summed E-state index contributed by atoms with van der Waals surface area (Å²) in [5, 5.41) is 4.86. The van der Waals surface area contributed by atoms with Crippen molar-refractivity contribution in [1.29, 1.82) is 0 Å². The van der Waals surface area contributed by atoms with Gasteiger partial charge >= 0.3 is 12.3 Å².